The molecule has 0 aromatic heterocycles. The molecule has 0 fully saturated rings. The van der Waals surface area contributed by atoms with Gasteiger partial charge >= 0.3 is 0 Å². The van der Waals surface area contributed by atoms with Crippen LogP contribution in [0.5, 0.6) is 0 Å². The van der Waals surface area contributed by atoms with E-state index in [4.69, 9.17) is 0 Å². The standard InChI is InChI=1S/C16H25N3O2/c1-5-19(6-2)11-15(20)18-14-9-7-13(8-10-14)16(21)17-12(3)4/h7-10,12H,5-6,11H2,1-4H3,(H,17,21)(H,18,20). The molecule has 0 unspecified atom stereocenters. The Morgan fingerprint density at radius 1 is 1.10 bits per heavy atom. The molecule has 1 aromatic carbocycles. The molecule has 0 saturated carbocycles. The van der Waals surface area contributed by atoms with Gasteiger partial charge in [0.25, 0.3) is 5.91 Å². The van der Waals surface area contributed by atoms with Crippen molar-refractivity contribution in [1.29, 1.82) is 0 Å². The minimum Gasteiger partial charge on any atom is -0.350 e. The van der Waals surface area contributed by atoms with Crippen molar-refractivity contribution in [2.24, 2.45) is 0 Å². The number of nitrogens with one attached hydrogen (secondary N) is 2. The third-order valence-corrected chi connectivity index (χ3v) is 3.11. The Hall–Kier alpha value is -1.88. The SMILES string of the molecule is CCN(CC)CC(=O)Nc1ccc(C(=O)NC(C)C)cc1. The van der Waals surface area contributed by atoms with E-state index in [0.29, 0.717) is 17.8 Å². The Balaban J connectivity index is 2.58. The average Bonchev–Trinajstić information content (AvgIpc) is 2.44. The lowest BCUT2D eigenvalue weighted by molar-refractivity contribution is -0.117. The van der Waals surface area contributed by atoms with Gasteiger partial charge in [-0.2, -0.15) is 0 Å². The highest BCUT2D eigenvalue weighted by atomic mass is 16.2. The molecule has 0 heterocycles. The van der Waals surface area contributed by atoms with Crippen LogP contribution in [0.3, 0.4) is 0 Å². The first-order valence-electron chi connectivity index (χ1n) is 7.39. The number of carbonyl (C=O) groups excluding carboxylic acids is 2. The van der Waals surface area contributed by atoms with Crippen LogP contribution < -0.4 is 10.6 Å². The number of carbonyl (C=O) groups is 2. The molecule has 0 radical (unpaired) electrons. The van der Waals surface area contributed by atoms with Crippen LogP contribution in [0.15, 0.2) is 24.3 Å². The molecule has 2 N–H and O–H groups in total. The van der Waals surface area contributed by atoms with Gasteiger partial charge in [-0.25, -0.2) is 0 Å². The first kappa shape index (κ1) is 17.2. The van der Waals surface area contributed by atoms with Crippen molar-refractivity contribution < 1.29 is 9.59 Å². The molecule has 0 atom stereocenters. The van der Waals surface area contributed by atoms with E-state index in [1.165, 1.54) is 0 Å². The van der Waals surface area contributed by atoms with Crippen LogP contribution in [0.4, 0.5) is 5.69 Å². The first-order chi connectivity index (χ1) is 9.96. The molecule has 2 amide bonds. The maximum absolute atomic E-state index is 11.9. The molecule has 0 aliphatic rings. The van der Waals surface area contributed by atoms with E-state index < -0.39 is 0 Å². The van der Waals surface area contributed by atoms with Crippen molar-refractivity contribution in [3.63, 3.8) is 0 Å². The van der Waals surface area contributed by atoms with Crippen molar-refractivity contribution >= 4 is 17.5 Å². The smallest absolute Gasteiger partial charge is 0.251 e. The van der Waals surface area contributed by atoms with Gasteiger partial charge in [-0.1, -0.05) is 13.8 Å². The van der Waals surface area contributed by atoms with Gasteiger partial charge in [-0.3, -0.25) is 14.5 Å². The molecular weight excluding hydrogens is 266 g/mol. The third-order valence-electron chi connectivity index (χ3n) is 3.11. The predicted molar refractivity (Wildman–Crippen MR) is 85.5 cm³/mol. The molecular formula is C16H25N3O2. The number of rotatable bonds is 7. The second-order valence-corrected chi connectivity index (χ2v) is 5.22. The fraction of sp³-hybridized carbons (Fsp3) is 0.500. The topological polar surface area (TPSA) is 61.4 Å². The quantitative estimate of drug-likeness (QED) is 0.809. The average molecular weight is 291 g/mol. The van der Waals surface area contributed by atoms with Crippen LogP contribution in [0.2, 0.25) is 0 Å². The van der Waals surface area contributed by atoms with E-state index in [9.17, 15) is 9.59 Å². The zero-order chi connectivity index (χ0) is 15.8. The molecule has 5 nitrogen and oxygen atoms in total. The minimum atomic E-state index is -0.106. The summed E-state index contributed by atoms with van der Waals surface area (Å²) in [5.41, 5.74) is 1.29. The lowest BCUT2D eigenvalue weighted by Crippen LogP contribution is -2.33. The van der Waals surface area contributed by atoms with E-state index in [1.807, 2.05) is 32.6 Å². The third kappa shape index (κ3) is 5.95. The van der Waals surface area contributed by atoms with Gasteiger partial charge < -0.3 is 10.6 Å². The molecule has 0 aliphatic carbocycles. The van der Waals surface area contributed by atoms with E-state index >= 15 is 0 Å². The number of anilines is 1. The van der Waals surface area contributed by atoms with Crippen molar-refractivity contribution in [2.45, 2.75) is 33.7 Å². The van der Waals surface area contributed by atoms with Gasteiger partial charge in [0, 0.05) is 17.3 Å². The Morgan fingerprint density at radius 2 is 1.67 bits per heavy atom. The number of amides is 2. The van der Waals surface area contributed by atoms with Crippen molar-refractivity contribution in [3.05, 3.63) is 29.8 Å². The van der Waals surface area contributed by atoms with Crippen molar-refractivity contribution in [2.75, 3.05) is 25.0 Å². The monoisotopic (exact) mass is 291 g/mol. The van der Waals surface area contributed by atoms with Gasteiger partial charge in [-0.15, -0.1) is 0 Å². The van der Waals surface area contributed by atoms with Gasteiger partial charge in [0.1, 0.15) is 0 Å². The summed E-state index contributed by atoms with van der Waals surface area (Å²) in [5, 5.41) is 5.66. The fourth-order valence-corrected chi connectivity index (χ4v) is 1.90. The van der Waals surface area contributed by atoms with Crippen molar-refractivity contribution in [1.82, 2.24) is 10.2 Å². The Bertz CT molecular complexity index is 465. The molecule has 5 heteroatoms. The lowest BCUT2D eigenvalue weighted by atomic mass is 10.2. The van der Waals surface area contributed by atoms with Gasteiger partial charge in [0.2, 0.25) is 5.91 Å². The summed E-state index contributed by atoms with van der Waals surface area (Å²) in [4.78, 5) is 25.7. The van der Waals surface area contributed by atoms with E-state index in [-0.39, 0.29) is 17.9 Å². The number of nitrogens with zero attached hydrogens (tertiary/aromatic N) is 1. The largest absolute Gasteiger partial charge is 0.350 e. The molecule has 0 spiro atoms. The van der Waals surface area contributed by atoms with E-state index in [0.717, 1.165) is 13.1 Å². The number of hydrogen-bond acceptors (Lipinski definition) is 3. The van der Waals surface area contributed by atoms with Gasteiger partial charge in [0.05, 0.1) is 6.54 Å². The Labute approximate surface area is 126 Å². The summed E-state index contributed by atoms with van der Waals surface area (Å²) < 4.78 is 0. The van der Waals surface area contributed by atoms with Crippen molar-refractivity contribution in [3.8, 4) is 0 Å². The van der Waals surface area contributed by atoms with Gasteiger partial charge in [-0.05, 0) is 51.2 Å². The van der Waals surface area contributed by atoms with Crippen LogP contribution in [0.25, 0.3) is 0 Å². The molecule has 0 bridgehead atoms. The summed E-state index contributed by atoms with van der Waals surface area (Å²) in [6, 6.07) is 7.02. The van der Waals surface area contributed by atoms with Crippen LogP contribution in [-0.4, -0.2) is 42.4 Å². The highest BCUT2D eigenvalue weighted by Gasteiger charge is 2.09. The van der Waals surface area contributed by atoms with Crippen LogP contribution >= 0.6 is 0 Å². The minimum absolute atomic E-state index is 0.0434. The second kappa shape index (κ2) is 8.42. The highest BCUT2D eigenvalue weighted by Crippen LogP contribution is 2.10. The zero-order valence-electron chi connectivity index (χ0n) is 13.3. The summed E-state index contributed by atoms with van der Waals surface area (Å²) in [7, 11) is 0. The molecule has 116 valence electrons. The normalized spacial score (nSPS) is 10.8. The molecule has 1 aromatic rings. The highest BCUT2D eigenvalue weighted by molar-refractivity contribution is 5.96. The molecule has 21 heavy (non-hydrogen) atoms. The molecule has 1 rings (SSSR count). The Kier molecular flexibility index (Phi) is 6.88. The fourth-order valence-electron chi connectivity index (χ4n) is 1.90. The van der Waals surface area contributed by atoms with E-state index in [2.05, 4.69) is 10.6 Å². The van der Waals surface area contributed by atoms with Gasteiger partial charge in [0.15, 0.2) is 0 Å². The van der Waals surface area contributed by atoms with Crippen LogP contribution in [-0.2, 0) is 4.79 Å². The summed E-state index contributed by atoms with van der Waals surface area (Å²) in [5.74, 6) is -0.149. The maximum Gasteiger partial charge on any atom is 0.251 e. The number of likely N-dealkylation sites (N-methyl/N-ethyl adjacent to an activating group) is 1. The van der Waals surface area contributed by atoms with Crippen LogP contribution in [0, 0.1) is 0 Å². The number of benzene rings is 1. The Morgan fingerprint density at radius 3 is 2.14 bits per heavy atom. The first-order valence-corrected chi connectivity index (χ1v) is 7.39. The van der Waals surface area contributed by atoms with Crippen LogP contribution in [0.1, 0.15) is 38.1 Å². The van der Waals surface area contributed by atoms with E-state index in [1.54, 1.807) is 24.3 Å². The maximum atomic E-state index is 11.9. The predicted octanol–water partition coefficient (Wildman–Crippen LogP) is 2.11. The zero-order valence-corrected chi connectivity index (χ0v) is 13.3. The second-order valence-electron chi connectivity index (χ2n) is 5.22. The summed E-state index contributed by atoms with van der Waals surface area (Å²) >= 11 is 0. The summed E-state index contributed by atoms with van der Waals surface area (Å²) in [6.45, 7) is 9.95. The molecule has 0 aliphatic heterocycles. The summed E-state index contributed by atoms with van der Waals surface area (Å²) in [6.07, 6.45) is 0. The number of hydrogen-bond donors (Lipinski definition) is 2. The lowest BCUT2D eigenvalue weighted by Gasteiger charge is -2.17. The molecule has 0 saturated heterocycles.